The Bertz CT molecular complexity index is 522. The number of nitrogens with zero attached hydrogens (tertiary/aromatic N) is 2. The Hall–Kier alpha value is -0.300. The zero-order chi connectivity index (χ0) is 13.2. The summed E-state index contributed by atoms with van der Waals surface area (Å²) in [4.78, 5) is 3.96. The fraction of sp³-hybridized carbons (Fsp3) is 0.545. The van der Waals surface area contributed by atoms with Gasteiger partial charge in [0.2, 0.25) is 10.0 Å². The minimum absolute atomic E-state index is 0.105. The van der Waals surface area contributed by atoms with Crippen LogP contribution in [0.2, 0.25) is 5.02 Å². The Morgan fingerprint density at radius 2 is 2.39 bits per heavy atom. The first-order chi connectivity index (χ1) is 8.55. The van der Waals surface area contributed by atoms with Gasteiger partial charge in [-0.1, -0.05) is 18.5 Å². The molecule has 0 spiro atoms. The third-order valence-electron chi connectivity index (χ3n) is 2.91. The zero-order valence-electron chi connectivity index (χ0n) is 10.0. The molecule has 0 saturated carbocycles. The van der Waals surface area contributed by atoms with Gasteiger partial charge in [0, 0.05) is 36.5 Å². The molecular weight excluding hydrogens is 292 g/mol. The summed E-state index contributed by atoms with van der Waals surface area (Å²) in [6, 6.07) is 1.50. The lowest BCUT2D eigenvalue weighted by Crippen LogP contribution is -2.41. The molecule has 7 heteroatoms. The highest BCUT2D eigenvalue weighted by Gasteiger charge is 2.31. The van der Waals surface area contributed by atoms with E-state index in [1.807, 2.05) is 11.8 Å². The lowest BCUT2D eigenvalue weighted by molar-refractivity contribution is 0.416. The third kappa shape index (κ3) is 2.82. The van der Waals surface area contributed by atoms with Crippen LogP contribution in [-0.2, 0) is 10.0 Å². The van der Waals surface area contributed by atoms with Crippen molar-refractivity contribution in [3.8, 4) is 0 Å². The van der Waals surface area contributed by atoms with Gasteiger partial charge in [-0.05, 0) is 12.5 Å². The summed E-state index contributed by atoms with van der Waals surface area (Å²) in [6.07, 6.45) is 3.78. The monoisotopic (exact) mass is 306 g/mol. The molecule has 1 aliphatic heterocycles. The number of aromatic nitrogens is 1. The molecule has 0 N–H and O–H groups in total. The van der Waals surface area contributed by atoms with Crippen molar-refractivity contribution in [2.75, 3.05) is 18.8 Å². The molecule has 4 nitrogen and oxygen atoms in total. The molecule has 100 valence electrons. The van der Waals surface area contributed by atoms with Crippen LogP contribution in [0.1, 0.15) is 13.3 Å². The Morgan fingerprint density at radius 1 is 1.61 bits per heavy atom. The molecule has 0 aliphatic carbocycles. The molecule has 1 aromatic rings. The SMILES string of the molecule is CCC1CN(S(=O)(=O)c2cnccc2Cl)CCS1. The van der Waals surface area contributed by atoms with Gasteiger partial charge in [0.25, 0.3) is 0 Å². The van der Waals surface area contributed by atoms with E-state index < -0.39 is 10.0 Å². The molecule has 1 unspecified atom stereocenters. The quantitative estimate of drug-likeness (QED) is 0.859. The van der Waals surface area contributed by atoms with E-state index >= 15 is 0 Å². The van der Waals surface area contributed by atoms with E-state index in [4.69, 9.17) is 11.6 Å². The zero-order valence-corrected chi connectivity index (χ0v) is 12.4. The molecular formula is C11H15ClN2O2S2. The summed E-state index contributed by atoms with van der Waals surface area (Å²) >= 11 is 7.77. The van der Waals surface area contributed by atoms with Crippen LogP contribution >= 0.6 is 23.4 Å². The molecule has 0 bridgehead atoms. The van der Waals surface area contributed by atoms with Gasteiger partial charge in [0.1, 0.15) is 4.90 Å². The first-order valence-corrected chi connectivity index (χ1v) is 8.63. The molecule has 1 aromatic heterocycles. The number of sulfonamides is 1. The van der Waals surface area contributed by atoms with E-state index in [-0.39, 0.29) is 9.92 Å². The second-order valence-electron chi connectivity index (χ2n) is 4.07. The van der Waals surface area contributed by atoms with Crippen molar-refractivity contribution in [2.24, 2.45) is 0 Å². The fourth-order valence-corrected chi connectivity index (χ4v) is 5.13. The maximum Gasteiger partial charge on any atom is 0.246 e. The minimum Gasteiger partial charge on any atom is -0.263 e. The highest BCUT2D eigenvalue weighted by molar-refractivity contribution is 8.00. The standard InChI is InChI=1S/C11H15ClN2O2S2/c1-2-9-8-14(5-6-17-9)18(15,16)11-7-13-4-3-10(11)12/h3-4,7,9H,2,5-6,8H2,1H3. The van der Waals surface area contributed by atoms with Crippen molar-refractivity contribution in [2.45, 2.75) is 23.5 Å². The van der Waals surface area contributed by atoms with E-state index in [9.17, 15) is 8.42 Å². The van der Waals surface area contributed by atoms with E-state index in [1.165, 1.54) is 22.8 Å². The van der Waals surface area contributed by atoms with E-state index in [0.717, 1.165) is 12.2 Å². The summed E-state index contributed by atoms with van der Waals surface area (Å²) in [5, 5.41) is 0.597. The summed E-state index contributed by atoms with van der Waals surface area (Å²) in [5.74, 6) is 0.829. The predicted octanol–water partition coefficient (Wildman–Crippen LogP) is 2.25. The van der Waals surface area contributed by atoms with Gasteiger partial charge in [0.05, 0.1) is 5.02 Å². The van der Waals surface area contributed by atoms with Crippen LogP contribution in [-0.4, -0.2) is 41.8 Å². The number of hydrogen-bond donors (Lipinski definition) is 0. The largest absolute Gasteiger partial charge is 0.263 e. The van der Waals surface area contributed by atoms with Crippen LogP contribution < -0.4 is 0 Å². The summed E-state index contributed by atoms with van der Waals surface area (Å²) < 4.78 is 26.4. The van der Waals surface area contributed by atoms with E-state index in [2.05, 4.69) is 11.9 Å². The van der Waals surface area contributed by atoms with Gasteiger partial charge in [-0.3, -0.25) is 4.98 Å². The van der Waals surface area contributed by atoms with Crippen molar-refractivity contribution < 1.29 is 8.42 Å². The van der Waals surface area contributed by atoms with Crippen LogP contribution in [0.25, 0.3) is 0 Å². The first-order valence-electron chi connectivity index (χ1n) is 5.77. The van der Waals surface area contributed by atoms with Gasteiger partial charge in [-0.25, -0.2) is 8.42 Å². The van der Waals surface area contributed by atoms with Crippen molar-refractivity contribution >= 4 is 33.4 Å². The molecule has 1 saturated heterocycles. The van der Waals surface area contributed by atoms with Gasteiger partial charge in [0.15, 0.2) is 0 Å². The van der Waals surface area contributed by atoms with Crippen molar-refractivity contribution in [3.63, 3.8) is 0 Å². The molecule has 18 heavy (non-hydrogen) atoms. The highest BCUT2D eigenvalue weighted by Crippen LogP contribution is 2.28. The molecule has 2 heterocycles. The van der Waals surface area contributed by atoms with Gasteiger partial charge >= 0.3 is 0 Å². The van der Waals surface area contributed by atoms with Gasteiger partial charge in [-0.15, -0.1) is 0 Å². The van der Waals surface area contributed by atoms with E-state index in [1.54, 1.807) is 0 Å². The van der Waals surface area contributed by atoms with Crippen LogP contribution in [0.4, 0.5) is 0 Å². The van der Waals surface area contributed by atoms with Crippen LogP contribution in [0, 0.1) is 0 Å². The average Bonchev–Trinajstić information content (AvgIpc) is 2.39. The van der Waals surface area contributed by atoms with Crippen LogP contribution in [0.5, 0.6) is 0 Å². The van der Waals surface area contributed by atoms with Gasteiger partial charge in [-0.2, -0.15) is 16.1 Å². The Kier molecular flexibility index (Phi) is 4.53. The summed E-state index contributed by atoms with van der Waals surface area (Å²) in [5.41, 5.74) is 0. The van der Waals surface area contributed by atoms with Crippen molar-refractivity contribution in [3.05, 3.63) is 23.5 Å². The Morgan fingerprint density at radius 3 is 3.06 bits per heavy atom. The lowest BCUT2D eigenvalue weighted by Gasteiger charge is -2.31. The molecule has 1 atom stereocenters. The number of rotatable bonds is 3. The first kappa shape index (κ1) is 14.1. The summed E-state index contributed by atoms with van der Waals surface area (Å²) in [6.45, 7) is 3.16. The number of hydrogen-bond acceptors (Lipinski definition) is 4. The second kappa shape index (κ2) is 5.77. The van der Waals surface area contributed by atoms with Gasteiger partial charge < -0.3 is 0 Å². The normalized spacial score (nSPS) is 22.0. The Balaban J connectivity index is 2.29. The molecule has 0 aromatic carbocycles. The molecule has 1 fully saturated rings. The number of halogens is 1. The highest BCUT2D eigenvalue weighted by atomic mass is 35.5. The van der Waals surface area contributed by atoms with E-state index in [0.29, 0.717) is 18.3 Å². The maximum atomic E-state index is 12.5. The third-order valence-corrected chi connectivity index (χ3v) is 6.62. The second-order valence-corrected chi connectivity index (χ2v) is 7.79. The predicted molar refractivity (Wildman–Crippen MR) is 74.5 cm³/mol. The minimum atomic E-state index is -3.51. The molecule has 1 aliphatic rings. The smallest absolute Gasteiger partial charge is 0.246 e. The maximum absolute atomic E-state index is 12.5. The lowest BCUT2D eigenvalue weighted by atomic mass is 10.3. The Labute approximate surface area is 117 Å². The molecule has 2 rings (SSSR count). The molecule has 0 radical (unpaired) electrons. The number of thioether (sulfide) groups is 1. The summed E-state index contributed by atoms with van der Waals surface area (Å²) in [7, 11) is -3.51. The average molecular weight is 307 g/mol. The topological polar surface area (TPSA) is 50.3 Å². The van der Waals surface area contributed by atoms with Crippen LogP contribution in [0.15, 0.2) is 23.4 Å². The van der Waals surface area contributed by atoms with Crippen molar-refractivity contribution in [1.29, 1.82) is 0 Å². The van der Waals surface area contributed by atoms with Crippen molar-refractivity contribution in [1.82, 2.24) is 9.29 Å². The van der Waals surface area contributed by atoms with Crippen LogP contribution in [0.3, 0.4) is 0 Å². The molecule has 0 amide bonds. The number of pyridine rings is 1. The fourth-order valence-electron chi connectivity index (χ4n) is 1.85.